The van der Waals surface area contributed by atoms with Crippen molar-refractivity contribution < 1.29 is 29.1 Å². The lowest BCUT2D eigenvalue weighted by molar-refractivity contribution is -0.142. The zero-order valence-corrected chi connectivity index (χ0v) is 19.6. The number of hydrogen-bond acceptors (Lipinski definition) is 6. The Bertz CT molecular complexity index is 1460. The number of anilines is 2. The number of benzene rings is 3. The van der Waals surface area contributed by atoms with Crippen LogP contribution in [-0.4, -0.2) is 40.6 Å². The number of hydrogen-bond donors (Lipinski definition) is 3. The molecule has 9 heteroatoms. The van der Waals surface area contributed by atoms with Gasteiger partial charge in [0, 0.05) is 23.2 Å². The second-order valence-electron chi connectivity index (χ2n) is 9.18. The normalized spacial score (nSPS) is 17.2. The fourth-order valence-electron chi connectivity index (χ4n) is 4.82. The lowest BCUT2D eigenvalue weighted by atomic mass is 9.97. The van der Waals surface area contributed by atoms with Crippen molar-refractivity contribution in [1.29, 1.82) is 0 Å². The standard InChI is InChI=1S/C28H23N3O6/c29-18-8-7-17-13-24(32)31(27(35)21(17)14-18)19-9-5-15(6-10-19)11-23(28(36)37)30-26(34)22-12-16-3-1-2-4-20(16)25(22)33/h1-10,14,22-23H,11-13,29H2,(H,30,34)(H,36,37). The highest BCUT2D eigenvalue weighted by atomic mass is 16.4. The van der Waals surface area contributed by atoms with E-state index in [0.29, 0.717) is 33.6 Å². The van der Waals surface area contributed by atoms with E-state index in [9.17, 15) is 29.1 Å². The zero-order chi connectivity index (χ0) is 26.3. The van der Waals surface area contributed by atoms with Crippen molar-refractivity contribution in [2.45, 2.75) is 25.3 Å². The van der Waals surface area contributed by atoms with Gasteiger partial charge < -0.3 is 16.2 Å². The molecule has 9 nitrogen and oxygen atoms in total. The summed E-state index contributed by atoms with van der Waals surface area (Å²) in [5.74, 6) is -4.02. The van der Waals surface area contributed by atoms with Crippen molar-refractivity contribution in [2.75, 3.05) is 10.6 Å². The van der Waals surface area contributed by atoms with Crippen LogP contribution >= 0.6 is 0 Å². The number of fused-ring (bicyclic) bond motifs is 2. The first kappa shape index (κ1) is 23.9. The van der Waals surface area contributed by atoms with Gasteiger partial charge in [-0.15, -0.1) is 0 Å². The lowest BCUT2D eigenvalue weighted by Crippen LogP contribution is -2.46. The summed E-state index contributed by atoms with van der Waals surface area (Å²) in [6, 6.07) is 16.8. The number of amides is 3. The third-order valence-electron chi connectivity index (χ3n) is 6.75. The number of rotatable bonds is 6. The number of carbonyl (C=O) groups is 5. The van der Waals surface area contributed by atoms with Gasteiger partial charge in [-0.2, -0.15) is 0 Å². The van der Waals surface area contributed by atoms with E-state index in [-0.39, 0.29) is 31.0 Å². The van der Waals surface area contributed by atoms with Crippen molar-refractivity contribution >= 4 is 40.8 Å². The van der Waals surface area contributed by atoms with Crippen LogP contribution in [0, 0.1) is 5.92 Å². The van der Waals surface area contributed by atoms with E-state index in [1.165, 1.54) is 0 Å². The molecule has 3 aromatic rings. The molecule has 5 rings (SSSR count). The largest absolute Gasteiger partial charge is 0.480 e. The number of carbonyl (C=O) groups excluding carboxylic acids is 4. The molecule has 0 bridgehead atoms. The number of Topliss-reactive ketones (excluding diaryl/α,β-unsaturated/α-hetero) is 1. The predicted octanol–water partition coefficient (Wildman–Crippen LogP) is 2.17. The molecule has 3 amide bonds. The summed E-state index contributed by atoms with van der Waals surface area (Å²) in [5, 5.41) is 12.2. The molecule has 0 spiro atoms. The first-order valence-electron chi connectivity index (χ1n) is 11.7. The number of nitrogen functional groups attached to an aromatic ring is 1. The fourth-order valence-corrected chi connectivity index (χ4v) is 4.82. The van der Waals surface area contributed by atoms with Crippen molar-refractivity contribution in [3.8, 4) is 0 Å². The molecule has 1 aliphatic carbocycles. The molecule has 3 aromatic carbocycles. The van der Waals surface area contributed by atoms with Gasteiger partial charge in [0.15, 0.2) is 5.78 Å². The molecule has 186 valence electrons. The Morgan fingerprint density at radius 3 is 2.41 bits per heavy atom. The summed E-state index contributed by atoms with van der Waals surface area (Å²) in [5.41, 5.74) is 9.36. The van der Waals surface area contributed by atoms with E-state index in [1.807, 2.05) is 0 Å². The van der Waals surface area contributed by atoms with E-state index in [1.54, 1.807) is 66.7 Å². The summed E-state index contributed by atoms with van der Waals surface area (Å²) >= 11 is 0. The minimum atomic E-state index is -1.26. The predicted molar refractivity (Wildman–Crippen MR) is 134 cm³/mol. The number of imide groups is 1. The quantitative estimate of drug-likeness (QED) is 0.269. The van der Waals surface area contributed by atoms with Crippen LogP contribution in [0.5, 0.6) is 0 Å². The lowest BCUT2D eigenvalue weighted by Gasteiger charge is -2.27. The van der Waals surface area contributed by atoms with Crippen LogP contribution in [0.1, 0.15) is 37.4 Å². The molecule has 0 saturated heterocycles. The summed E-state index contributed by atoms with van der Waals surface area (Å²) in [4.78, 5) is 64.0. The molecule has 0 fully saturated rings. The summed E-state index contributed by atoms with van der Waals surface area (Å²) in [6.07, 6.45) is 0.241. The molecule has 1 heterocycles. The van der Waals surface area contributed by atoms with Crippen LogP contribution in [0.4, 0.5) is 11.4 Å². The summed E-state index contributed by atoms with van der Waals surface area (Å²) < 4.78 is 0. The van der Waals surface area contributed by atoms with E-state index in [4.69, 9.17) is 5.73 Å². The average Bonchev–Trinajstić information content (AvgIpc) is 3.22. The molecule has 37 heavy (non-hydrogen) atoms. The van der Waals surface area contributed by atoms with Gasteiger partial charge in [-0.25, -0.2) is 9.69 Å². The molecule has 4 N–H and O–H groups in total. The van der Waals surface area contributed by atoms with Crippen LogP contribution < -0.4 is 16.0 Å². The zero-order valence-electron chi connectivity index (χ0n) is 19.6. The van der Waals surface area contributed by atoms with Gasteiger partial charge >= 0.3 is 5.97 Å². The number of nitrogens with two attached hydrogens (primary N) is 1. The molecule has 0 aromatic heterocycles. The van der Waals surface area contributed by atoms with Gasteiger partial charge in [-0.1, -0.05) is 42.5 Å². The van der Waals surface area contributed by atoms with Crippen LogP contribution in [0.25, 0.3) is 0 Å². The average molecular weight is 498 g/mol. The molecule has 2 aliphatic rings. The molecular weight excluding hydrogens is 474 g/mol. The Morgan fingerprint density at radius 2 is 1.70 bits per heavy atom. The molecule has 2 unspecified atom stereocenters. The Morgan fingerprint density at radius 1 is 0.973 bits per heavy atom. The monoisotopic (exact) mass is 497 g/mol. The Labute approximate surface area is 211 Å². The van der Waals surface area contributed by atoms with Crippen LogP contribution in [0.3, 0.4) is 0 Å². The second-order valence-corrected chi connectivity index (χ2v) is 9.18. The first-order valence-corrected chi connectivity index (χ1v) is 11.7. The summed E-state index contributed by atoms with van der Waals surface area (Å²) in [6.45, 7) is 0. The highest BCUT2D eigenvalue weighted by Gasteiger charge is 2.37. The van der Waals surface area contributed by atoms with Gasteiger partial charge in [0.1, 0.15) is 12.0 Å². The maximum Gasteiger partial charge on any atom is 0.326 e. The van der Waals surface area contributed by atoms with Crippen molar-refractivity contribution in [3.63, 3.8) is 0 Å². The third-order valence-corrected chi connectivity index (χ3v) is 6.75. The van der Waals surface area contributed by atoms with Crippen LogP contribution in [-0.2, 0) is 33.6 Å². The number of carboxylic acids is 1. The number of nitrogens with zero attached hydrogens (tertiary/aromatic N) is 1. The van der Waals surface area contributed by atoms with Crippen LogP contribution in [0.2, 0.25) is 0 Å². The SMILES string of the molecule is Nc1ccc2c(c1)C(=O)N(c1ccc(CC(NC(=O)C3Cc4ccccc4C3=O)C(=O)O)cc1)C(=O)C2. The number of carboxylic acid groups (broad SMARTS) is 1. The van der Waals surface area contributed by atoms with Gasteiger partial charge in [-0.3, -0.25) is 19.2 Å². The van der Waals surface area contributed by atoms with E-state index in [0.717, 1.165) is 10.5 Å². The highest BCUT2D eigenvalue weighted by molar-refractivity contribution is 6.24. The second kappa shape index (κ2) is 9.34. The number of ketones is 1. The molecule has 1 aliphatic heterocycles. The molecule has 2 atom stereocenters. The van der Waals surface area contributed by atoms with Crippen molar-refractivity contribution in [3.05, 3.63) is 94.5 Å². The van der Waals surface area contributed by atoms with Crippen LogP contribution in [0.15, 0.2) is 66.7 Å². The fraction of sp³-hybridized carbons (Fsp3) is 0.179. The van der Waals surface area contributed by atoms with E-state index in [2.05, 4.69) is 5.32 Å². The molecule has 0 saturated carbocycles. The maximum atomic E-state index is 13.0. The van der Waals surface area contributed by atoms with E-state index >= 15 is 0 Å². The van der Waals surface area contributed by atoms with Crippen molar-refractivity contribution in [1.82, 2.24) is 5.32 Å². The van der Waals surface area contributed by atoms with Gasteiger partial charge in [-0.05, 0) is 47.4 Å². The summed E-state index contributed by atoms with van der Waals surface area (Å²) in [7, 11) is 0. The van der Waals surface area contributed by atoms with E-state index < -0.39 is 29.7 Å². The smallest absolute Gasteiger partial charge is 0.326 e. The Balaban J connectivity index is 1.29. The number of nitrogens with one attached hydrogen (secondary N) is 1. The minimum Gasteiger partial charge on any atom is -0.480 e. The van der Waals surface area contributed by atoms with Gasteiger partial charge in [0.25, 0.3) is 5.91 Å². The first-order chi connectivity index (χ1) is 17.7. The highest BCUT2D eigenvalue weighted by Crippen LogP contribution is 2.28. The van der Waals surface area contributed by atoms with Crippen molar-refractivity contribution in [2.24, 2.45) is 5.92 Å². The maximum absolute atomic E-state index is 13.0. The topological polar surface area (TPSA) is 147 Å². The number of aliphatic carboxylic acids is 1. The Kier molecular flexibility index (Phi) is 6.04. The molecule has 0 radical (unpaired) electrons. The Hall–Kier alpha value is -4.79. The third kappa shape index (κ3) is 4.47. The van der Waals surface area contributed by atoms with Gasteiger partial charge in [0.05, 0.1) is 12.1 Å². The minimum absolute atomic E-state index is 0.0452. The van der Waals surface area contributed by atoms with Gasteiger partial charge in [0.2, 0.25) is 11.8 Å². The molecular formula is C28H23N3O6.